The third-order valence-electron chi connectivity index (χ3n) is 4.87. The lowest BCUT2D eigenvalue weighted by molar-refractivity contribution is 0.0512. The number of aliphatic imine (C=N–C) groups is 1. The zero-order valence-corrected chi connectivity index (χ0v) is 14.2. The number of nitrogens with one attached hydrogen (secondary N) is 1. The standard InChI is InChI=1S/C18H27N3O2/c1-3-23-16-6-4-15(5-7-16)18(8-12-22-13-9-18)14-20-17-19-10-11-21(17)2/h4-7H,3,8-14H2,1-2H3,(H,19,20). The van der Waals surface area contributed by atoms with Crippen LogP contribution in [0.4, 0.5) is 0 Å². The predicted octanol–water partition coefficient (Wildman–Crippen LogP) is 2.02. The van der Waals surface area contributed by atoms with Crippen LogP contribution in [0, 0.1) is 0 Å². The summed E-state index contributed by atoms with van der Waals surface area (Å²) in [6.45, 7) is 7.13. The highest BCUT2D eigenvalue weighted by atomic mass is 16.5. The van der Waals surface area contributed by atoms with Gasteiger partial charge in [0.2, 0.25) is 0 Å². The Kier molecular flexibility index (Phi) is 5.06. The minimum atomic E-state index is 0.106. The highest BCUT2D eigenvalue weighted by molar-refractivity contribution is 5.81. The van der Waals surface area contributed by atoms with Crippen LogP contribution in [0.25, 0.3) is 0 Å². The molecule has 2 aliphatic rings. The largest absolute Gasteiger partial charge is 0.494 e. The number of guanidine groups is 1. The van der Waals surface area contributed by atoms with Gasteiger partial charge in [0.1, 0.15) is 5.75 Å². The minimum Gasteiger partial charge on any atom is -0.494 e. The Hall–Kier alpha value is -1.75. The maximum Gasteiger partial charge on any atom is 0.193 e. The van der Waals surface area contributed by atoms with Crippen LogP contribution in [0.15, 0.2) is 29.3 Å². The fourth-order valence-corrected chi connectivity index (χ4v) is 3.37. The molecule has 3 rings (SSSR count). The second-order valence-electron chi connectivity index (χ2n) is 6.33. The van der Waals surface area contributed by atoms with Gasteiger partial charge in [-0.1, -0.05) is 12.1 Å². The molecular formula is C18H27N3O2. The Labute approximate surface area is 138 Å². The maximum atomic E-state index is 5.61. The average Bonchev–Trinajstić information content (AvgIpc) is 3.00. The van der Waals surface area contributed by atoms with Crippen molar-refractivity contribution in [3.63, 3.8) is 0 Å². The van der Waals surface area contributed by atoms with Crippen LogP contribution in [0.2, 0.25) is 0 Å². The maximum absolute atomic E-state index is 5.61. The number of hydrogen-bond donors (Lipinski definition) is 1. The Morgan fingerprint density at radius 3 is 2.61 bits per heavy atom. The van der Waals surface area contributed by atoms with Gasteiger partial charge >= 0.3 is 0 Å². The molecule has 0 atom stereocenters. The Balaban J connectivity index is 1.75. The molecule has 0 amide bonds. The lowest BCUT2D eigenvalue weighted by atomic mass is 9.74. The fourth-order valence-electron chi connectivity index (χ4n) is 3.37. The Morgan fingerprint density at radius 1 is 1.26 bits per heavy atom. The average molecular weight is 317 g/mol. The highest BCUT2D eigenvalue weighted by Crippen LogP contribution is 2.35. The van der Waals surface area contributed by atoms with E-state index in [1.807, 2.05) is 6.92 Å². The van der Waals surface area contributed by atoms with Crippen molar-refractivity contribution in [1.29, 1.82) is 0 Å². The minimum absolute atomic E-state index is 0.106. The van der Waals surface area contributed by atoms with Crippen molar-refractivity contribution in [2.45, 2.75) is 25.2 Å². The van der Waals surface area contributed by atoms with Gasteiger partial charge in [-0.25, -0.2) is 0 Å². The van der Waals surface area contributed by atoms with Gasteiger partial charge in [-0.05, 0) is 37.5 Å². The lowest BCUT2D eigenvalue weighted by Crippen LogP contribution is -2.47. The van der Waals surface area contributed by atoms with Crippen molar-refractivity contribution in [2.24, 2.45) is 4.99 Å². The van der Waals surface area contributed by atoms with Crippen LogP contribution in [-0.4, -0.2) is 57.4 Å². The van der Waals surface area contributed by atoms with Crippen LogP contribution in [-0.2, 0) is 10.2 Å². The van der Waals surface area contributed by atoms with Gasteiger partial charge in [0.15, 0.2) is 5.96 Å². The van der Waals surface area contributed by atoms with Crippen molar-refractivity contribution in [3.05, 3.63) is 29.8 Å². The molecule has 0 unspecified atom stereocenters. The van der Waals surface area contributed by atoms with Gasteiger partial charge in [-0.3, -0.25) is 4.99 Å². The fraction of sp³-hybridized carbons (Fsp3) is 0.611. The molecule has 0 radical (unpaired) electrons. The topological polar surface area (TPSA) is 46.1 Å². The summed E-state index contributed by atoms with van der Waals surface area (Å²) in [5.74, 6) is 1.95. The van der Waals surface area contributed by atoms with E-state index in [4.69, 9.17) is 9.47 Å². The van der Waals surface area contributed by atoms with Crippen LogP contribution < -0.4 is 10.1 Å². The van der Waals surface area contributed by atoms with E-state index >= 15 is 0 Å². The molecule has 5 nitrogen and oxygen atoms in total. The predicted molar refractivity (Wildman–Crippen MR) is 92.3 cm³/mol. The van der Waals surface area contributed by atoms with Crippen molar-refractivity contribution in [3.8, 4) is 5.75 Å². The summed E-state index contributed by atoms with van der Waals surface area (Å²) in [5.41, 5.74) is 1.47. The number of benzene rings is 1. The van der Waals surface area contributed by atoms with Crippen LogP contribution in [0.1, 0.15) is 25.3 Å². The summed E-state index contributed by atoms with van der Waals surface area (Å²) < 4.78 is 11.2. The number of nitrogens with zero attached hydrogens (tertiary/aromatic N) is 2. The van der Waals surface area contributed by atoms with Crippen LogP contribution >= 0.6 is 0 Å². The van der Waals surface area contributed by atoms with E-state index in [1.54, 1.807) is 0 Å². The van der Waals surface area contributed by atoms with E-state index in [0.717, 1.165) is 57.4 Å². The van der Waals surface area contributed by atoms with Gasteiger partial charge in [-0.15, -0.1) is 0 Å². The van der Waals surface area contributed by atoms with Crippen molar-refractivity contribution in [1.82, 2.24) is 10.2 Å². The molecule has 2 heterocycles. The monoisotopic (exact) mass is 317 g/mol. The Morgan fingerprint density at radius 2 is 2.00 bits per heavy atom. The summed E-state index contributed by atoms with van der Waals surface area (Å²) in [7, 11) is 2.09. The molecule has 23 heavy (non-hydrogen) atoms. The summed E-state index contributed by atoms with van der Waals surface area (Å²) in [6.07, 6.45) is 2.07. The van der Waals surface area contributed by atoms with Gasteiger partial charge in [0.25, 0.3) is 0 Å². The molecule has 0 aromatic heterocycles. The number of rotatable bonds is 5. The molecule has 126 valence electrons. The van der Waals surface area contributed by atoms with Gasteiger partial charge in [0, 0.05) is 38.8 Å². The van der Waals surface area contributed by atoms with E-state index in [0.29, 0.717) is 6.61 Å². The van der Waals surface area contributed by atoms with E-state index in [2.05, 4.69) is 46.5 Å². The molecule has 0 bridgehead atoms. The highest BCUT2D eigenvalue weighted by Gasteiger charge is 2.35. The van der Waals surface area contributed by atoms with E-state index in [1.165, 1.54) is 5.56 Å². The summed E-state index contributed by atoms with van der Waals surface area (Å²) in [4.78, 5) is 6.73. The quantitative estimate of drug-likeness (QED) is 0.902. The smallest absolute Gasteiger partial charge is 0.193 e. The van der Waals surface area contributed by atoms with Gasteiger partial charge in [0.05, 0.1) is 13.2 Å². The number of hydrogen-bond acceptors (Lipinski definition) is 5. The lowest BCUT2D eigenvalue weighted by Gasteiger charge is -2.38. The molecule has 0 aliphatic carbocycles. The van der Waals surface area contributed by atoms with Crippen molar-refractivity contribution in [2.75, 3.05) is 46.5 Å². The van der Waals surface area contributed by atoms with Crippen LogP contribution in [0.3, 0.4) is 0 Å². The molecule has 1 aromatic rings. The third-order valence-corrected chi connectivity index (χ3v) is 4.87. The zero-order valence-electron chi connectivity index (χ0n) is 14.2. The summed E-state index contributed by atoms with van der Waals surface area (Å²) in [5, 5.41) is 3.57. The molecule has 2 aliphatic heterocycles. The first-order chi connectivity index (χ1) is 11.2. The molecule has 5 heteroatoms. The first kappa shape index (κ1) is 16.1. The van der Waals surface area contributed by atoms with E-state index in [9.17, 15) is 0 Å². The molecular weight excluding hydrogens is 290 g/mol. The SMILES string of the molecule is CCOc1ccc(C2(CNC3=NCCN3C)CCOCC2)cc1. The van der Waals surface area contributed by atoms with Crippen molar-refractivity contribution < 1.29 is 9.47 Å². The first-order valence-corrected chi connectivity index (χ1v) is 8.54. The molecule has 0 spiro atoms. The zero-order chi connectivity index (χ0) is 16.1. The molecule has 0 saturated carbocycles. The normalized spacial score (nSPS) is 20.3. The molecule has 1 fully saturated rings. The van der Waals surface area contributed by atoms with E-state index < -0.39 is 0 Å². The van der Waals surface area contributed by atoms with Gasteiger partial charge < -0.3 is 19.7 Å². The summed E-state index contributed by atoms with van der Waals surface area (Å²) >= 11 is 0. The second kappa shape index (κ2) is 7.21. The van der Waals surface area contributed by atoms with Gasteiger partial charge in [-0.2, -0.15) is 0 Å². The van der Waals surface area contributed by atoms with E-state index in [-0.39, 0.29) is 5.41 Å². The summed E-state index contributed by atoms with van der Waals surface area (Å²) in [6, 6.07) is 8.57. The molecule has 1 aromatic carbocycles. The second-order valence-corrected chi connectivity index (χ2v) is 6.33. The first-order valence-electron chi connectivity index (χ1n) is 8.54. The number of ether oxygens (including phenoxy) is 2. The van der Waals surface area contributed by atoms with Crippen LogP contribution in [0.5, 0.6) is 5.75 Å². The Bertz CT molecular complexity index is 536. The molecule has 1 saturated heterocycles. The van der Waals surface area contributed by atoms with Crippen molar-refractivity contribution >= 4 is 5.96 Å². The third kappa shape index (κ3) is 3.61. The number of likely N-dealkylation sites (N-methyl/N-ethyl adjacent to an activating group) is 1. The molecule has 1 N–H and O–H groups in total.